The first-order valence-corrected chi connectivity index (χ1v) is 8.33. The molecule has 0 spiro atoms. The fourth-order valence-corrected chi connectivity index (χ4v) is 2.67. The summed E-state index contributed by atoms with van der Waals surface area (Å²) in [5.41, 5.74) is 0.699. The fourth-order valence-electron chi connectivity index (χ4n) is 2.45. The predicted octanol–water partition coefficient (Wildman–Crippen LogP) is 3.60. The van der Waals surface area contributed by atoms with Crippen LogP contribution in [0, 0.1) is 6.92 Å². The van der Waals surface area contributed by atoms with Crippen LogP contribution in [0.2, 0.25) is 0 Å². The van der Waals surface area contributed by atoms with Crippen molar-refractivity contribution >= 4 is 27.8 Å². The zero-order chi connectivity index (χ0) is 16.5. The van der Waals surface area contributed by atoms with Crippen LogP contribution in [0.25, 0.3) is 0 Å². The molecule has 5 nitrogen and oxygen atoms in total. The van der Waals surface area contributed by atoms with E-state index in [2.05, 4.69) is 38.8 Å². The summed E-state index contributed by atoms with van der Waals surface area (Å²) in [7, 11) is 0. The molecule has 1 saturated heterocycles. The lowest BCUT2D eigenvalue weighted by molar-refractivity contribution is 0.0158. The van der Waals surface area contributed by atoms with Gasteiger partial charge in [0.15, 0.2) is 0 Å². The van der Waals surface area contributed by atoms with Crippen molar-refractivity contribution in [2.75, 3.05) is 24.5 Å². The number of aryl methyl sites for hydroxylation is 1. The summed E-state index contributed by atoms with van der Waals surface area (Å²) in [6.07, 6.45) is 1.59. The topological polar surface area (TPSA) is 45.7 Å². The summed E-state index contributed by atoms with van der Waals surface area (Å²) in [5.74, 6) is 0.955. The molecule has 0 bridgehead atoms. The molecule has 1 atom stereocenters. The molecule has 2 rings (SSSR count). The lowest BCUT2D eigenvalue weighted by Crippen LogP contribution is -2.55. The van der Waals surface area contributed by atoms with Crippen LogP contribution in [-0.4, -0.2) is 47.3 Å². The zero-order valence-electron chi connectivity index (χ0n) is 13.9. The first kappa shape index (κ1) is 17.1. The molecular weight excluding hydrogens is 346 g/mol. The highest BCUT2D eigenvalue weighted by Crippen LogP contribution is 2.23. The van der Waals surface area contributed by atoms with Crippen LogP contribution in [0.15, 0.2) is 16.7 Å². The Kier molecular flexibility index (Phi) is 5.00. The van der Waals surface area contributed by atoms with Crippen LogP contribution in [0.4, 0.5) is 10.6 Å². The van der Waals surface area contributed by atoms with Gasteiger partial charge in [-0.2, -0.15) is 0 Å². The van der Waals surface area contributed by atoms with Crippen molar-refractivity contribution in [3.05, 3.63) is 22.3 Å². The molecule has 1 aliphatic rings. The van der Waals surface area contributed by atoms with E-state index in [0.717, 1.165) is 28.9 Å². The maximum Gasteiger partial charge on any atom is 0.410 e. The third kappa shape index (κ3) is 4.12. The molecule has 22 heavy (non-hydrogen) atoms. The van der Waals surface area contributed by atoms with Gasteiger partial charge in [-0.25, -0.2) is 9.78 Å². The van der Waals surface area contributed by atoms with Gasteiger partial charge in [0, 0.05) is 36.3 Å². The molecule has 0 saturated carbocycles. The second kappa shape index (κ2) is 6.44. The zero-order valence-corrected chi connectivity index (χ0v) is 15.5. The number of hydrogen-bond acceptors (Lipinski definition) is 4. The van der Waals surface area contributed by atoms with Gasteiger partial charge in [-0.1, -0.05) is 0 Å². The van der Waals surface area contributed by atoms with Gasteiger partial charge >= 0.3 is 6.09 Å². The van der Waals surface area contributed by atoms with Gasteiger partial charge in [0.25, 0.3) is 0 Å². The highest BCUT2D eigenvalue weighted by atomic mass is 79.9. The van der Waals surface area contributed by atoms with Gasteiger partial charge in [0.05, 0.1) is 0 Å². The largest absolute Gasteiger partial charge is 0.444 e. The third-order valence-electron chi connectivity index (χ3n) is 3.61. The highest BCUT2D eigenvalue weighted by molar-refractivity contribution is 9.10. The minimum atomic E-state index is -0.460. The molecule has 0 N–H and O–H groups in total. The summed E-state index contributed by atoms with van der Waals surface area (Å²) in [6.45, 7) is 11.9. The van der Waals surface area contributed by atoms with E-state index in [4.69, 9.17) is 4.74 Å². The van der Waals surface area contributed by atoms with E-state index in [-0.39, 0.29) is 12.1 Å². The van der Waals surface area contributed by atoms with Gasteiger partial charge in [-0.05, 0) is 62.2 Å². The van der Waals surface area contributed by atoms with Gasteiger partial charge in [0.2, 0.25) is 0 Å². The molecule has 1 fully saturated rings. The molecule has 0 unspecified atom stereocenters. The first-order valence-electron chi connectivity index (χ1n) is 7.54. The fraction of sp³-hybridized carbons (Fsp3) is 0.625. The van der Waals surface area contributed by atoms with E-state index in [1.54, 1.807) is 4.90 Å². The quantitative estimate of drug-likeness (QED) is 0.758. The van der Waals surface area contributed by atoms with Crippen LogP contribution in [-0.2, 0) is 4.74 Å². The summed E-state index contributed by atoms with van der Waals surface area (Å²) in [5, 5.41) is 0. The van der Waals surface area contributed by atoms with Crippen LogP contribution >= 0.6 is 15.9 Å². The van der Waals surface area contributed by atoms with Crippen LogP contribution in [0.5, 0.6) is 0 Å². The van der Waals surface area contributed by atoms with E-state index in [0.29, 0.717) is 6.54 Å². The first-order chi connectivity index (χ1) is 10.2. The Labute approximate surface area is 140 Å². The number of amides is 1. The van der Waals surface area contributed by atoms with Crippen LogP contribution in [0.3, 0.4) is 0 Å². The van der Waals surface area contributed by atoms with E-state index >= 15 is 0 Å². The standard InChI is InChI=1S/C16H24BrN3O2/c1-11-8-14(18-9-13(11)17)19-6-7-20(12(2)10-19)15(21)22-16(3,4)5/h8-9,12H,6-7,10H2,1-5H3/t12-/m1/s1. The second-order valence-electron chi connectivity index (χ2n) is 6.76. The normalized spacial score (nSPS) is 19.3. The van der Waals surface area contributed by atoms with Gasteiger partial charge in [-0.3, -0.25) is 0 Å². The number of piperazine rings is 1. The van der Waals surface area contributed by atoms with Gasteiger partial charge < -0.3 is 14.5 Å². The third-order valence-corrected chi connectivity index (χ3v) is 4.44. The Bertz CT molecular complexity index is 557. The van der Waals surface area contributed by atoms with Crippen molar-refractivity contribution in [2.24, 2.45) is 0 Å². The van der Waals surface area contributed by atoms with Crippen molar-refractivity contribution in [1.29, 1.82) is 0 Å². The summed E-state index contributed by atoms with van der Waals surface area (Å²) < 4.78 is 6.48. The Balaban J connectivity index is 2.03. The minimum Gasteiger partial charge on any atom is -0.444 e. The molecule has 0 aromatic carbocycles. The molecule has 122 valence electrons. The molecule has 0 radical (unpaired) electrons. The monoisotopic (exact) mass is 369 g/mol. The van der Waals surface area contributed by atoms with Crippen molar-refractivity contribution in [2.45, 2.75) is 46.3 Å². The summed E-state index contributed by atoms with van der Waals surface area (Å²) in [6, 6.07) is 2.16. The molecule has 1 aromatic heterocycles. The molecule has 0 aliphatic carbocycles. The van der Waals surface area contributed by atoms with Crippen molar-refractivity contribution < 1.29 is 9.53 Å². The number of hydrogen-bond donors (Lipinski definition) is 0. The Morgan fingerprint density at radius 3 is 2.64 bits per heavy atom. The van der Waals surface area contributed by atoms with Gasteiger partial charge in [-0.15, -0.1) is 0 Å². The summed E-state index contributed by atoms with van der Waals surface area (Å²) >= 11 is 3.47. The second-order valence-corrected chi connectivity index (χ2v) is 7.61. The predicted molar refractivity (Wildman–Crippen MR) is 91.3 cm³/mol. The SMILES string of the molecule is Cc1cc(N2CCN(C(=O)OC(C)(C)C)[C@H](C)C2)ncc1Br. The van der Waals surface area contributed by atoms with Crippen molar-refractivity contribution in [3.8, 4) is 0 Å². The minimum absolute atomic E-state index is 0.0920. The van der Waals surface area contributed by atoms with Gasteiger partial charge in [0.1, 0.15) is 11.4 Å². The number of carbonyl (C=O) groups is 1. The van der Waals surface area contributed by atoms with Crippen molar-refractivity contribution in [1.82, 2.24) is 9.88 Å². The molecule has 1 aromatic rings. The van der Waals surface area contributed by atoms with E-state index in [9.17, 15) is 4.79 Å². The summed E-state index contributed by atoms with van der Waals surface area (Å²) in [4.78, 5) is 20.7. The number of ether oxygens (including phenoxy) is 1. The number of pyridine rings is 1. The number of anilines is 1. The average Bonchev–Trinajstić information content (AvgIpc) is 2.39. The van der Waals surface area contributed by atoms with E-state index in [1.807, 2.05) is 33.9 Å². The smallest absolute Gasteiger partial charge is 0.410 e. The number of nitrogens with zero attached hydrogens (tertiary/aromatic N) is 3. The maximum atomic E-state index is 12.2. The lowest BCUT2D eigenvalue weighted by atomic mass is 10.2. The Hall–Kier alpha value is -1.30. The Morgan fingerprint density at radius 1 is 1.41 bits per heavy atom. The molecule has 2 heterocycles. The highest BCUT2D eigenvalue weighted by Gasteiger charge is 2.31. The maximum absolute atomic E-state index is 12.2. The van der Waals surface area contributed by atoms with Crippen LogP contribution in [0.1, 0.15) is 33.3 Å². The lowest BCUT2D eigenvalue weighted by Gasteiger charge is -2.40. The number of aromatic nitrogens is 1. The van der Waals surface area contributed by atoms with E-state index < -0.39 is 5.60 Å². The number of rotatable bonds is 1. The number of halogens is 1. The number of carbonyl (C=O) groups excluding carboxylic acids is 1. The molecule has 1 amide bonds. The average molecular weight is 370 g/mol. The van der Waals surface area contributed by atoms with Crippen LogP contribution < -0.4 is 4.90 Å². The van der Waals surface area contributed by atoms with Crippen molar-refractivity contribution in [3.63, 3.8) is 0 Å². The Morgan fingerprint density at radius 2 is 2.09 bits per heavy atom. The molecular formula is C16H24BrN3O2. The van der Waals surface area contributed by atoms with E-state index in [1.165, 1.54) is 0 Å². The molecule has 6 heteroatoms. The molecule has 1 aliphatic heterocycles.